The van der Waals surface area contributed by atoms with E-state index in [1.165, 1.54) is 22.2 Å². The van der Waals surface area contributed by atoms with Crippen LogP contribution in [0, 0.1) is 11.8 Å². The molecule has 1 rings (SSSR count). The fraction of sp³-hybridized carbons (Fsp3) is 0.667. The molecule has 1 heterocycles. The van der Waals surface area contributed by atoms with Crippen molar-refractivity contribution in [3.05, 3.63) is 20.8 Å². The zero-order valence-electron chi connectivity index (χ0n) is 9.72. The standard InChI is InChI=1S/C12H20BrNS/c1-9(2)6-10(8-14-3)7-12-11(13)4-5-15-12/h4-5,9-10,14H,6-8H2,1-3H3. The lowest BCUT2D eigenvalue weighted by Gasteiger charge is -2.18. The molecule has 0 bridgehead atoms. The summed E-state index contributed by atoms with van der Waals surface area (Å²) >= 11 is 5.46. The van der Waals surface area contributed by atoms with Crippen molar-refractivity contribution in [1.29, 1.82) is 0 Å². The zero-order valence-corrected chi connectivity index (χ0v) is 12.1. The quantitative estimate of drug-likeness (QED) is 0.837. The molecule has 1 unspecified atom stereocenters. The Bertz CT molecular complexity index is 283. The molecule has 0 aliphatic heterocycles. The van der Waals surface area contributed by atoms with Gasteiger partial charge in [-0.15, -0.1) is 11.3 Å². The second-order valence-electron chi connectivity index (χ2n) is 4.45. The number of halogens is 1. The van der Waals surface area contributed by atoms with E-state index in [0.29, 0.717) is 0 Å². The lowest BCUT2D eigenvalue weighted by atomic mass is 9.93. The van der Waals surface area contributed by atoms with E-state index in [-0.39, 0.29) is 0 Å². The molecule has 1 nitrogen and oxygen atoms in total. The van der Waals surface area contributed by atoms with Gasteiger partial charge in [0.2, 0.25) is 0 Å². The van der Waals surface area contributed by atoms with E-state index < -0.39 is 0 Å². The van der Waals surface area contributed by atoms with Crippen molar-refractivity contribution < 1.29 is 0 Å². The Kier molecular flexibility index (Phi) is 5.87. The molecule has 0 radical (unpaired) electrons. The molecule has 1 N–H and O–H groups in total. The maximum atomic E-state index is 3.60. The van der Waals surface area contributed by atoms with Crippen LogP contribution in [0.5, 0.6) is 0 Å². The van der Waals surface area contributed by atoms with Gasteiger partial charge in [0.05, 0.1) is 0 Å². The first-order chi connectivity index (χ1) is 7.13. The van der Waals surface area contributed by atoms with Crippen molar-refractivity contribution in [3.63, 3.8) is 0 Å². The van der Waals surface area contributed by atoms with E-state index in [4.69, 9.17) is 0 Å². The highest BCUT2D eigenvalue weighted by Crippen LogP contribution is 2.27. The number of nitrogens with one attached hydrogen (secondary N) is 1. The van der Waals surface area contributed by atoms with Gasteiger partial charge in [-0.25, -0.2) is 0 Å². The molecule has 1 atom stereocenters. The predicted octanol–water partition coefficient (Wildman–Crippen LogP) is 3.93. The van der Waals surface area contributed by atoms with Crippen LogP contribution in [0.2, 0.25) is 0 Å². The molecule has 0 spiro atoms. The lowest BCUT2D eigenvalue weighted by Crippen LogP contribution is -2.22. The van der Waals surface area contributed by atoms with Gasteiger partial charge in [-0.3, -0.25) is 0 Å². The van der Waals surface area contributed by atoms with Crippen LogP contribution in [0.25, 0.3) is 0 Å². The minimum Gasteiger partial charge on any atom is -0.319 e. The molecule has 0 amide bonds. The van der Waals surface area contributed by atoms with Crippen molar-refractivity contribution in [2.24, 2.45) is 11.8 Å². The first-order valence-electron chi connectivity index (χ1n) is 5.50. The van der Waals surface area contributed by atoms with Crippen LogP contribution in [-0.2, 0) is 6.42 Å². The third-order valence-corrected chi connectivity index (χ3v) is 4.41. The summed E-state index contributed by atoms with van der Waals surface area (Å²) in [6.07, 6.45) is 2.49. The van der Waals surface area contributed by atoms with E-state index in [0.717, 1.165) is 18.4 Å². The Hall–Kier alpha value is 0.140. The van der Waals surface area contributed by atoms with Gasteiger partial charge in [-0.1, -0.05) is 13.8 Å². The maximum absolute atomic E-state index is 3.60. The van der Waals surface area contributed by atoms with E-state index in [9.17, 15) is 0 Å². The van der Waals surface area contributed by atoms with Gasteiger partial charge in [-0.05, 0) is 65.6 Å². The van der Waals surface area contributed by atoms with Gasteiger partial charge in [-0.2, -0.15) is 0 Å². The summed E-state index contributed by atoms with van der Waals surface area (Å²) in [4.78, 5) is 1.48. The van der Waals surface area contributed by atoms with Gasteiger partial charge in [0, 0.05) is 9.35 Å². The van der Waals surface area contributed by atoms with Crippen molar-refractivity contribution in [2.75, 3.05) is 13.6 Å². The summed E-state index contributed by atoms with van der Waals surface area (Å²) in [5, 5.41) is 5.45. The van der Waals surface area contributed by atoms with Crippen LogP contribution in [0.15, 0.2) is 15.9 Å². The Morgan fingerprint density at radius 1 is 1.47 bits per heavy atom. The van der Waals surface area contributed by atoms with Crippen LogP contribution in [-0.4, -0.2) is 13.6 Å². The van der Waals surface area contributed by atoms with Crippen molar-refractivity contribution in [1.82, 2.24) is 5.32 Å². The average Bonchev–Trinajstić information content (AvgIpc) is 2.51. The zero-order chi connectivity index (χ0) is 11.3. The van der Waals surface area contributed by atoms with Crippen LogP contribution >= 0.6 is 27.3 Å². The molecule has 3 heteroatoms. The Morgan fingerprint density at radius 2 is 2.20 bits per heavy atom. The van der Waals surface area contributed by atoms with Crippen molar-refractivity contribution in [3.8, 4) is 0 Å². The molecule has 0 saturated carbocycles. The van der Waals surface area contributed by atoms with Crippen molar-refractivity contribution >= 4 is 27.3 Å². The number of rotatable bonds is 6. The summed E-state index contributed by atoms with van der Waals surface area (Å²) in [5.74, 6) is 1.53. The number of thiophene rings is 1. The summed E-state index contributed by atoms with van der Waals surface area (Å²) < 4.78 is 1.28. The summed E-state index contributed by atoms with van der Waals surface area (Å²) in [6, 6.07) is 2.14. The van der Waals surface area contributed by atoms with Gasteiger partial charge in [0.25, 0.3) is 0 Å². The normalized spacial score (nSPS) is 13.4. The smallest absolute Gasteiger partial charge is 0.0314 e. The van der Waals surface area contributed by atoms with Crippen LogP contribution in [0.4, 0.5) is 0 Å². The molecule has 15 heavy (non-hydrogen) atoms. The average molecular weight is 290 g/mol. The molecule has 1 aromatic heterocycles. The highest BCUT2D eigenvalue weighted by Gasteiger charge is 2.13. The highest BCUT2D eigenvalue weighted by molar-refractivity contribution is 9.10. The Balaban J connectivity index is 2.54. The van der Waals surface area contributed by atoms with Gasteiger partial charge < -0.3 is 5.32 Å². The van der Waals surface area contributed by atoms with Crippen LogP contribution in [0.3, 0.4) is 0 Å². The van der Waals surface area contributed by atoms with Gasteiger partial charge >= 0.3 is 0 Å². The maximum Gasteiger partial charge on any atom is 0.0314 e. The number of hydrogen-bond acceptors (Lipinski definition) is 2. The Labute approximate surface area is 105 Å². The topological polar surface area (TPSA) is 12.0 Å². The van der Waals surface area contributed by atoms with Crippen molar-refractivity contribution in [2.45, 2.75) is 26.7 Å². The van der Waals surface area contributed by atoms with E-state index in [1.807, 2.05) is 18.4 Å². The molecule has 0 aromatic carbocycles. The predicted molar refractivity (Wildman–Crippen MR) is 72.6 cm³/mol. The molecular formula is C12H20BrNS. The Morgan fingerprint density at radius 3 is 2.67 bits per heavy atom. The third kappa shape index (κ3) is 4.66. The van der Waals surface area contributed by atoms with E-state index >= 15 is 0 Å². The molecule has 0 saturated heterocycles. The molecule has 1 aromatic rings. The minimum atomic E-state index is 0.755. The fourth-order valence-corrected chi connectivity index (χ4v) is 3.56. The second-order valence-corrected chi connectivity index (χ2v) is 6.30. The van der Waals surface area contributed by atoms with Crippen LogP contribution < -0.4 is 5.32 Å². The lowest BCUT2D eigenvalue weighted by molar-refractivity contribution is 0.397. The largest absolute Gasteiger partial charge is 0.319 e. The highest BCUT2D eigenvalue weighted by atomic mass is 79.9. The summed E-state index contributed by atoms with van der Waals surface area (Å²) in [5.41, 5.74) is 0. The van der Waals surface area contributed by atoms with Gasteiger partial charge in [0.15, 0.2) is 0 Å². The SMILES string of the molecule is CNCC(Cc1sccc1Br)CC(C)C. The number of hydrogen-bond donors (Lipinski definition) is 1. The van der Waals surface area contributed by atoms with E-state index in [1.54, 1.807) is 0 Å². The van der Waals surface area contributed by atoms with Gasteiger partial charge in [0.1, 0.15) is 0 Å². The first kappa shape index (κ1) is 13.2. The molecule has 0 aliphatic carbocycles. The summed E-state index contributed by atoms with van der Waals surface area (Å²) in [7, 11) is 2.04. The summed E-state index contributed by atoms with van der Waals surface area (Å²) in [6.45, 7) is 5.71. The second kappa shape index (κ2) is 6.66. The molecule has 0 fully saturated rings. The fourth-order valence-electron chi connectivity index (χ4n) is 1.93. The monoisotopic (exact) mass is 289 g/mol. The first-order valence-corrected chi connectivity index (χ1v) is 7.17. The molecular weight excluding hydrogens is 270 g/mol. The minimum absolute atomic E-state index is 0.755. The molecule has 0 aliphatic rings. The van der Waals surface area contributed by atoms with Crippen LogP contribution in [0.1, 0.15) is 25.1 Å². The van der Waals surface area contributed by atoms with E-state index in [2.05, 4.69) is 46.5 Å². The third-order valence-electron chi connectivity index (χ3n) is 2.46. The molecule has 86 valence electrons.